The molecule has 4 N–H and O–H groups in total. The van der Waals surface area contributed by atoms with Crippen LogP contribution in [-0.2, 0) is 21.7 Å². The van der Waals surface area contributed by atoms with E-state index in [1.807, 2.05) is 11.4 Å². The summed E-state index contributed by atoms with van der Waals surface area (Å²) in [5.41, 5.74) is 7.91. The monoisotopic (exact) mass is 461 g/mol. The zero-order chi connectivity index (χ0) is 24.2. The zero-order valence-electron chi connectivity index (χ0n) is 18.4. The lowest BCUT2D eigenvalue weighted by Crippen LogP contribution is -2.56. The lowest BCUT2D eigenvalue weighted by Gasteiger charge is -2.32. The first-order valence-corrected chi connectivity index (χ1v) is 10.3. The van der Waals surface area contributed by atoms with Gasteiger partial charge in [0.05, 0.1) is 13.2 Å². The SMILES string of the molecule is C=CCOCc1cnc2[nH]cc(-c3cncc([C@](N)(C(=O)NCC(F)(F)F)C(C)C)c3)c2c1. The maximum absolute atomic E-state index is 12.7. The maximum Gasteiger partial charge on any atom is 0.405 e. The van der Waals surface area contributed by atoms with Gasteiger partial charge in [-0.3, -0.25) is 9.78 Å². The molecule has 3 aromatic rings. The number of nitrogens with two attached hydrogens (primary N) is 1. The van der Waals surface area contributed by atoms with Crippen LogP contribution in [0.25, 0.3) is 22.2 Å². The Kier molecular flexibility index (Phi) is 7.19. The molecule has 0 fully saturated rings. The molecule has 3 rings (SSSR count). The van der Waals surface area contributed by atoms with Crippen molar-refractivity contribution in [3.05, 3.63) is 60.7 Å². The molecule has 7 nitrogen and oxygen atoms in total. The van der Waals surface area contributed by atoms with Gasteiger partial charge in [-0.1, -0.05) is 19.9 Å². The van der Waals surface area contributed by atoms with Crippen molar-refractivity contribution in [2.45, 2.75) is 32.2 Å². The van der Waals surface area contributed by atoms with Crippen molar-refractivity contribution in [1.29, 1.82) is 0 Å². The van der Waals surface area contributed by atoms with Crippen molar-refractivity contribution in [2.75, 3.05) is 13.2 Å². The fourth-order valence-corrected chi connectivity index (χ4v) is 3.49. The molecule has 0 radical (unpaired) electrons. The summed E-state index contributed by atoms with van der Waals surface area (Å²) in [6, 6.07) is 3.60. The molecule has 3 aromatic heterocycles. The summed E-state index contributed by atoms with van der Waals surface area (Å²) < 4.78 is 43.4. The number of fused-ring (bicyclic) bond motifs is 1. The molecule has 33 heavy (non-hydrogen) atoms. The molecule has 1 atom stereocenters. The van der Waals surface area contributed by atoms with Crippen LogP contribution in [0.4, 0.5) is 13.2 Å². The summed E-state index contributed by atoms with van der Waals surface area (Å²) in [4.78, 5) is 24.4. The Bertz CT molecular complexity index is 1140. The summed E-state index contributed by atoms with van der Waals surface area (Å²) in [5, 5.41) is 2.71. The number of amides is 1. The number of nitrogens with one attached hydrogen (secondary N) is 2. The van der Waals surface area contributed by atoms with Gasteiger partial charge in [0.25, 0.3) is 0 Å². The second-order valence-electron chi connectivity index (χ2n) is 8.03. The Balaban J connectivity index is 1.98. The van der Waals surface area contributed by atoms with Crippen LogP contribution in [0.5, 0.6) is 0 Å². The Hall–Kier alpha value is -3.24. The van der Waals surface area contributed by atoms with E-state index in [-0.39, 0.29) is 0 Å². The molecule has 0 aromatic carbocycles. The van der Waals surface area contributed by atoms with Crippen LogP contribution < -0.4 is 11.1 Å². The van der Waals surface area contributed by atoms with E-state index in [0.717, 1.165) is 16.5 Å². The highest BCUT2D eigenvalue weighted by molar-refractivity contribution is 5.94. The van der Waals surface area contributed by atoms with Crippen molar-refractivity contribution in [1.82, 2.24) is 20.3 Å². The summed E-state index contributed by atoms with van der Waals surface area (Å²) in [5.74, 6) is -1.42. The van der Waals surface area contributed by atoms with Crippen molar-refractivity contribution in [3.8, 4) is 11.1 Å². The van der Waals surface area contributed by atoms with E-state index in [4.69, 9.17) is 10.5 Å². The van der Waals surface area contributed by atoms with Crippen LogP contribution in [0.3, 0.4) is 0 Å². The molecular weight excluding hydrogens is 435 g/mol. The Morgan fingerprint density at radius 3 is 2.73 bits per heavy atom. The van der Waals surface area contributed by atoms with E-state index in [1.165, 1.54) is 6.20 Å². The largest absolute Gasteiger partial charge is 0.405 e. The van der Waals surface area contributed by atoms with Crippen LogP contribution in [-0.4, -0.2) is 40.2 Å². The number of rotatable bonds is 9. The molecule has 10 heteroatoms. The second kappa shape index (κ2) is 9.72. The summed E-state index contributed by atoms with van der Waals surface area (Å²) in [6.07, 6.45) is 3.57. The number of carbonyl (C=O) groups excluding carboxylic acids is 1. The number of nitrogens with zero attached hydrogens (tertiary/aromatic N) is 2. The van der Waals surface area contributed by atoms with Crippen LogP contribution in [0.15, 0.2) is 49.6 Å². The lowest BCUT2D eigenvalue weighted by molar-refractivity contribution is -0.143. The Labute approximate surface area is 189 Å². The van der Waals surface area contributed by atoms with Gasteiger partial charge in [0.1, 0.15) is 17.7 Å². The van der Waals surface area contributed by atoms with Gasteiger partial charge in [-0.15, -0.1) is 6.58 Å². The number of carbonyl (C=O) groups is 1. The summed E-state index contributed by atoms with van der Waals surface area (Å²) in [6.45, 7) is 6.27. The third-order valence-electron chi connectivity index (χ3n) is 5.35. The first-order chi connectivity index (χ1) is 15.6. The van der Waals surface area contributed by atoms with Crippen molar-refractivity contribution in [2.24, 2.45) is 11.7 Å². The van der Waals surface area contributed by atoms with Gasteiger partial charge < -0.3 is 20.8 Å². The average Bonchev–Trinajstić information content (AvgIpc) is 3.20. The Morgan fingerprint density at radius 2 is 2.06 bits per heavy atom. The molecule has 0 saturated heterocycles. The zero-order valence-corrected chi connectivity index (χ0v) is 18.4. The lowest BCUT2D eigenvalue weighted by atomic mass is 9.80. The van der Waals surface area contributed by atoms with E-state index in [2.05, 4.69) is 21.5 Å². The highest BCUT2D eigenvalue weighted by Crippen LogP contribution is 2.33. The molecular formula is C23H26F3N5O2. The molecule has 1 amide bonds. The van der Waals surface area contributed by atoms with Gasteiger partial charge in [0, 0.05) is 46.9 Å². The summed E-state index contributed by atoms with van der Waals surface area (Å²) >= 11 is 0. The molecule has 3 heterocycles. The van der Waals surface area contributed by atoms with Crippen molar-refractivity contribution < 1.29 is 22.7 Å². The molecule has 176 valence electrons. The van der Waals surface area contributed by atoms with E-state index in [0.29, 0.717) is 30.0 Å². The first-order valence-electron chi connectivity index (χ1n) is 10.3. The van der Waals surface area contributed by atoms with Crippen LogP contribution in [0.2, 0.25) is 0 Å². The normalized spacial score (nSPS) is 13.8. The number of aromatic nitrogens is 3. The Morgan fingerprint density at radius 1 is 1.30 bits per heavy atom. The second-order valence-corrected chi connectivity index (χ2v) is 8.03. The highest BCUT2D eigenvalue weighted by atomic mass is 19.4. The highest BCUT2D eigenvalue weighted by Gasteiger charge is 2.41. The number of hydrogen-bond acceptors (Lipinski definition) is 5. The number of aromatic amines is 1. The number of H-pyrrole nitrogens is 1. The van der Waals surface area contributed by atoms with Gasteiger partial charge in [0.2, 0.25) is 5.91 Å². The fourth-order valence-electron chi connectivity index (χ4n) is 3.49. The number of hydrogen-bond donors (Lipinski definition) is 3. The smallest absolute Gasteiger partial charge is 0.373 e. The quantitative estimate of drug-likeness (QED) is 0.332. The first kappa shape index (κ1) is 24.4. The maximum atomic E-state index is 12.7. The van der Waals surface area contributed by atoms with E-state index >= 15 is 0 Å². The van der Waals surface area contributed by atoms with Gasteiger partial charge in [0.15, 0.2) is 0 Å². The van der Waals surface area contributed by atoms with Crippen LogP contribution in [0.1, 0.15) is 25.0 Å². The minimum Gasteiger partial charge on any atom is -0.373 e. The molecule has 0 saturated carbocycles. The summed E-state index contributed by atoms with van der Waals surface area (Å²) in [7, 11) is 0. The van der Waals surface area contributed by atoms with Crippen molar-refractivity contribution in [3.63, 3.8) is 0 Å². The van der Waals surface area contributed by atoms with Gasteiger partial charge in [-0.2, -0.15) is 13.2 Å². The van der Waals surface area contributed by atoms with E-state index in [1.54, 1.807) is 44.6 Å². The molecule has 0 aliphatic heterocycles. The van der Waals surface area contributed by atoms with E-state index in [9.17, 15) is 18.0 Å². The molecule has 0 bridgehead atoms. The predicted molar refractivity (Wildman–Crippen MR) is 119 cm³/mol. The standard InChI is InChI=1S/C23H26F3N5O2/c1-4-5-33-12-15-6-18-19(11-30-20(18)29-8-15)16-7-17(10-28-9-16)23(27,14(2)3)21(32)31-13-22(24,25)26/h4,6-11,14H,1,5,12-13,27H2,2-3H3,(H,29,30)(H,31,32)/t23-/m0/s1. The molecule has 0 unspecified atom stereocenters. The number of pyridine rings is 2. The van der Waals surface area contributed by atoms with Crippen molar-refractivity contribution >= 4 is 16.9 Å². The molecule has 0 aliphatic carbocycles. The fraction of sp³-hybridized carbons (Fsp3) is 0.348. The average molecular weight is 461 g/mol. The molecule has 0 spiro atoms. The van der Waals surface area contributed by atoms with E-state index < -0.39 is 30.1 Å². The predicted octanol–water partition coefficient (Wildman–Crippen LogP) is 3.82. The number of halogens is 3. The van der Waals surface area contributed by atoms with Gasteiger partial charge in [-0.05, 0) is 23.6 Å². The van der Waals surface area contributed by atoms with Crippen LogP contribution in [0, 0.1) is 5.92 Å². The van der Waals surface area contributed by atoms with Gasteiger partial charge in [-0.25, -0.2) is 4.98 Å². The van der Waals surface area contributed by atoms with Gasteiger partial charge >= 0.3 is 6.18 Å². The number of alkyl halides is 3. The minimum absolute atomic E-state index is 0.308. The van der Waals surface area contributed by atoms with Crippen LogP contribution >= 0.6 is 0 Å². The minimum atomic E-state index is -4.54. The third kappa shape index (κ3) is 5.40. The number of ether oxygens (including phenoxy) is 1. The third-order valence-corrected chi connectivity index (χ3v) is 5.35. The topological polar surface area (TPSA) is 106 Å². The molecule has 0 aliphatic rings.